The third-order valence-electron chi connectivity index (χ3n) is 2.68. The highest BCUT2D eigenvalue weighted by atomic mass is 32.1. The van der Waals surface area contributed by atoms with Crippen molar-refractivity contribution in [2.75, 3.05) is 0 Å². The summed E-state index contributed by atoms with van der Waals surface area (Å²) in [4.78, 5) is 7.68. The van der Waals surface area contributed by atoms with E-state index in [-0.39, 0.29) is 10.3 Å². The Morgan fingerprint density at radius 2 is 2.00 bits per heavy atom. The number of fused-ring (bicyclic) bond motifs is 1. The molecule has 3 rings (SSSR count). The molecule has 0 saturated heterocycles. The largest absolute Gasteiger partial charge is 0.433 e. The van der Waals surface area contributed by atoms with Gasteiger partial charge < -0.3 is 0 Å². The van der Waals surface area contributed by atoms with E-state index < -0.39 is 11.9 Å². The minimum atomic E-state index is -4.52. The van der Waals surface area contributed by atoms with Gasteiger partial charge in [-0.2, -0.15) is 13.2 Å². The summed E-state index contributed by atoms with van der Waals surface area (Å²) in [5.74, 6) is 0. The van der Waals surface area contributed by atoms with Crippen molar-refractivity contribution in [2.24, 2.45) is 0 Å². The van der Waals surface area contributed by atoms with E-state index >= 15 is 0 Å². The first kappa shape index (κ1) is 12.8. The van der Waals surface area contributed by atoms with Gasteiger partial charge in [-0.1, -0.05) is 18.3 Å². The molecule has 0 saturated carbocycles. The second-order valence-corrected chi connectivity index (χ2v) is 4.47. The van der Waals surface area contributed by atoms with Crippen LogP contribution in [0.3, 0.4) is 0 Å². The van der Waals surface area contributed by atoms with Crippen molar-refractivity contribution in [2.45, 2.75) is 6.18 Å². The molecule has 0 aliphatic rings. The minimum absolute atomic E-state index is 0.00417. The van der Waals surface area contributed by atoms with Crippen molar-refractivity contribution in [3.63, 3.8) is 0 Å². The number of aromatic amines is 1. The third-order valence-corrected chi connectivity index (χ3v) is 2.98. The standard InChI is InChI=1S/C12H7F3N4S/c13-12(14,15)9-6-11(20)19-10(17-9)5-8(18-19)7-3-1-2-4-16-7/h1-6,18H. The first-order valence-electron chi connectivity index (χ1n) is 5.56. The smallest absolute Gasteiger partial charge is 0.289 e. The molecule has 0 aliphatic carbocycles. The lowest BCUT2D eigenvalue weighted by Gasteiger charge is -2.05. The molecular formula is C12H7F3N4S. The Kier molecular flexibility index (Phi) is 2.82. The average Bonchev–Trinajstić information content (AvgIpc) is 2.83. The predicted octanol–water partition coefficient (Wildman–Crippen LogP) is 3.47. The summed E-state index contributed by atoms with van der Waals surface area (Å²) in [5, 5.41) is 2.88. The molecule has 0 aliphatic heterocycles. The van der Waals surface area contributed by atoms with Crippen LogP contribution in [-0.2, 0) is 6.18 Å². The Morgan fingerprint density at radius 3 is 2.65 bits per heavy atom. The molecule has 3 heterocycles. The summed E-state index contributed by atoms with van der Waals surface area (Å²) < 4.78 is 39.4. The average molecular weight is 296 g/mol. The fourth-order valence-electron chi connectivity index (χ4n) is 1.79. The van der Waals surface area contributed by atoms with Gasteiger partial charge in [0.25, 0.3) is 0 Å². The van der Waals surface area contributed by atoms with Crippen LogP contribution in [0.25, 0.3) is 17.0 Å². The molecule has 20 heavy (non-hydrogen) atoms. The summed E-state index contributed by atoms with van der Waals surface area (Å²) in [6.45, 7) is 0. The molecule has 102 valence electrons. The molecule has 0 aromatic carbocycles. The number of aromatic nitrogens is 4. The van der Waals surface area contributed by atoms with Gasteiger partial charge in [-0.05, 0) is 12.1 Å². The number of halogens is 3. The monoisotopic (exact) mass is 296 g/mol. The first-order valence-corrected chi connectivity index (χ1v) is 5.97. The van der Waals surface area contributed by atoms with Gasteiger partial charge in [0.1, 0.15) is 10.3 Å². The van der Waals surface area contributed by atoms with Gasteiger partial charge in [0.15, 0.2) is 5.65 Å². The number of hydrogen-bond acceptors (Lipinski definition) is 3. The van der Waals surface area contributed by atoms with Crippen molar-refractivity contribution < 1.29 is 13.2 Å². The number of nitrogens with one attached hydrogen (secondary N) is 1. The maximum atomic E-state index is 12.7. The molecule has 0 bridgehead atoms. The lowest BCUT2D eigenvalue weighted by molar-refractivity contribution is -0.141. The number of pyridine rings is 1. The first-order chi connectivity index (χ1) is 9.45. The molecule has 0 fully saturated rings. The lowest BCUT2D eigenvalue weighted by Crippen LogP contribution is -2.09. The highest BCUT2D eigenvalue weighted by molar-refractivity contribution is 7.71. The van der Waals surface area contributed by atoms with E-state index in [1.165, 1.54) is 10.6 Å². The van der Waals surface area contributed by atoms with Crippen LogP contribution in [0.4, 0.5) is 13.2 Å². The zero-order valence-corrected chi connectivity index (χ0v) is 10.7. The minimum Gasteiger partial charge on any atom is -0.289 e. The normalized spacial score (nSPS) is 11.9. The van der Waals surface area contributed by atoms with E-state index in [9.17, 15) is 13.2 Å². The van der Waals surface area contributed by atoms with E-state index in [4.69, 9.17) is 12.2 Å². The summed E-state index contributed by atoms with van der Waals surface area (Å²) in [7, 11) is 0. The van der Waals surface area contributed by atoms with E-state index in [2.05, 4.69) is 15.1 Å². The van der Waals surface area contributed by atoms with Gasteiger partial charge in [-0.25, -0.2) is 9.50 Å². The van der Waals surface area contributed by atoms with Crippen LogP contribution in [0.2, 0.25) is 0 Å². The topological polar surface area (TPSA) is 46.0 Å². The molecule has 1 N–H and O–H groups in total. The summed E-state index contributed by atoms with van der Waals surface area (Å²) in [6.07, 6.45) is -2.93. The molecule has 0 unspecified atom stereocenters. The molecule has 0 amide bonds. The van der Waals surface area contributed by atoms with Crippen molar-refractivity contribution in [3.05, 3.63) is 46.9 Å². The van der Waals surface area contributed by atoms with Gasteiger partial charge in [0, 0.05) is 18.3 Å². The zero-order chi connectivity index (χ0) is 14.3. The van der Waals surface area contributed by atoms with Crippen LogP contribution in [0.15, 0.2) is 36.5 Å². The Labute approximate surface area is 115 Å². The number of nitrogens with zero attached hydrogens (tertiary/aromatic N) is 3. The maximum absolute atomic E-state index is 12.7. The molecular weight excluding hydrogens is 289 g/mol. The quantitative estimate of drug-likeness (QED) is 0.699. The molecule has 0 radical (unpaired) electrons. The predicted molar refractivity (Wildman–Crippen MR) is 68.6 cm³/mol. The van der Waals surface area contributed by atoms with Crippen molar-refractivity contribution >= 4 is 17.9 Å². The number of hydrogen-bond donors (Lipinski definition) is 1. The molecule has 8 heteroatoms. The van der Waals surface area contributed by atoms with Gasteiger partial charge in [0.05, 0.1) is 11.4 Å². The summed E-state index contributed by atoms with van der Waals surface area (Å²) in [6, 6.07) is 7.56. The molecule has 4 nitrogen and oxygen atoms in total. The van der Waals surface area contributed by atoms with E-state index in [1.54, 1.807) is 24.4 Å². The number of alkyl halides is 3. The molecule has 3 aromatic rings. The van der Waals surface area contributed by atoms with Gasteiger partial charge in [0.2, 0.25) is 0 Å². The zero-order valence-electron chi connectivity index (χ0n) is 9.85. The molecule has 0 spiro atoms. The highest BCUT2D eigenvalue weighted by Gasteiger charge is 2.33. The second kappa shape index (κ2) is 4.41. The highest BCUT2D eigenvalue weighted by Crippen LogP contribution is 2.28. The lowest BCUT2D eigenvalue weighted by atomic mass is 10.3. The van der Waals surface area contributed by atoms with E-state index in [1.807, 2.05) is 0 Å². The Hall–Kier alpha value is -2.22. The Balaban J connectivity index is 2.22. The number of rotatable bonds is 1. The van der Waals surface area contributed by atoms with Crippen LogP contribution in [0, 0.1) is 4.64 Å². The number of H-pyrrole nitrogens is 1. The molecule has 3 aromatic heterocycles. The van der Waals surface area contributed by atoms with E-state index in [0.29, 0.717) is 11.4 Å². The van der Waals surface area contributed by atoms with Crippen molar-refractivity contribution in [3.8, 4) is 11.4 Å². The maximum Gasteiger partial charge on any atom is 0.433 e. The fourth-order valence-corrected chi connectivity index (χ4v) is 2.04. The van der Waals surface area contributed by atoms with Crippen LogP contribution < -0.4 is 0 Å². The summed E-state index contributed by atoms with van der Waals surface area (Å²) in [5.41, 5.74) is 0.240. The van der Waals surface area contributed by atoms with Crippen LogP contribution in [0.5, 0.6) is 0 Å². The second-order valence-electron chi connectivity index (χ2n) is 4.06. The van der Waals surface area contributed by atoms with Crippen molar-refractivity contribution in [1.82, 2.24) is 19.6 Å². The Morgan fingerprint density at radius 1 is 1.20 bits per heavy atom. The van der Waals surface area contributed by atoms with Crippen molar-refractivity contribution in [1.29, 1.82) is 0 Å². The fraction of sp³-hybridized carbons (Fsp3) is 0.0833. The van der Waals surface area contributed by atoms with Crippen LogP contribution in [-0.4, -0.2) is 19.6 Å². The Bertz CT molecular complexity index is 820. The summed E-state index contributed by atoms with van der Waals surface area (Å²) >= 11 is 4.94. The third kappa shape index (κ3) is 2.18. The SMILES string of the molecule is FC(F)(F)c1cc(=S)n2[nH]c(-c3ccccn3)cc2n1. The van der Waals surface area contributed by atoms with Crippen LogP contribution in [0.1, 0.15) is 5.69 Å². The van der Waals surface area contributed by atoms with Gasteiger partial charge >= 0.3 is 6.18 Å². The molecule has 0 atom stereocenters. The van der Waals surface area contributed by atoms with E-state index in [0.717, 1.165) is 6.07 Å². The van der Waals surface area contributed by atoms with Gasteiger partial charge in [-0.15, -0.1) is 0 Å². The van der Waals surface area contributed by atoms with Gasteiger partial charge in [-0.3, -0.25) is 10.1 Å². The van der Waals surface area contributed by atoms with Crippen LogP contribution >= 0.6 is 12.2 Å².